The van der Waals surface area contributed by atoms with Crippen LogP contribution in [0.2, 0.25) is 0 Å². The van der Waals surface area contributed by atoms with Gasteiger partial charge in [-0.25, -0.2) is 9.97 Å². The first-order valence-corrected chi connectivity index (χ1v) is 8.84. The highest BCUT2D eigenvalue weighted by Gasteiger charge is 2.25. The van der Waals surface area contributed by atoms with Gasteiger partial charge in [-0.05, 0) is 45.8 Å². The molecular weight excluding hydrogens is 308 g/mol. The first-order chi connectivity index (χ1) is 11.2. The smallest absolute Gasteiger partial charge is 0.226 e. The lowest BCUT2D eigenvalue weighted by Gasteiger charge is -2.32. The normalized spacial score (nSPS) is 22.0. The van der Waals surface area contributed by atoms with E-state index < -0.39 is 0 Å². The Balaban J connectivity index is 1.62. The predicted octanol–water partition coefficient (Wildman–Crippen LogP) is 3.49. The van der Waals surface area contributed by atoms with Gasteiger partial charge in [0.2, 0.25) is 5.88 Å². The van der Waals surface area contributed by atoms with Crippen molar-refractivity contribution in [2.24, 2.45) is 0 Å². The van der Waals surface area contributed by atoms with Crippen LogP contribution in [0.25, 0.3) is 20.3 Å². The van der Waals surface area contributed by atoms with Crippen molar-refractivity contribution in [3.63, 3.8) is 0 Å². The molecule has 0 bridgehead atoms. The van der Waals surface area contributed by atoms with Crippen LogP contribution in [0.5, 0.6) is 5.88 Å². The van der Waals surface area contributed by atoms with Gasteiger partial charge in [0.1, 0.15) is 17.3 Å². The van der Waals surface area contributed by atoms with Crippen LogP contribution in [-0.4, -0.2) is 46.1 Å². The van der Waals surface area contributed by atoms with Crippen molar-refractivity contribution >= 4 is 31.6 Å². The second kappa shape index (κ2) is 6.02. The maximum atomic E-state index is 6.28. The minimum Gasteiger partial charge on any atom is -0.474 e. The number of fused-ring (bicyclic) bond motifs is 3. The van der Waals surface area contributed by atoms with E-state index in [4.69, 9.17) is 4.74 Å². The minimum absolute atomic E-state index is 0.251. The molecule has 3 heterocycles. The van der Waals surface area contributed by atoms with E-state index in [2.05, 4.69) is 33.9 Å². The average Bonchev–Trinajstić information content (AvgIpc) is 2.95. The summed E-state index contributed by atoms with van der Waals surface area (Å²) in [6, 6.07) is 2.70. The molecule has 0 aliphatic heterocycles. The summed E-state index contributed by atoms with van der Waals surface area (Å²) in [4.78, 5) is 16.3. The summed E-state index contributed by atoms with van der Waals surface area (Å²) in [6.45, 7) is 0. The summed E-state index contributed by atoms with van der Waals surface area (Å²) >= 11 is 1.64. The number of hydrogen-bond donors (Lipinski definition) is 0. The van der Waals surface area contributed by atoms with E-state index in [9.17, 15) is 0 Å². The van der Waals surface area contributed by atoms with Crippen molar-refractivity contribution in [2.45, 2.75) is 37.8 Å². The van der Waals surface area contributed by atoms with Gasteiger partial charge in [0.25, 0.3) is 0 Å². The molecular formula is C17H20N4OS. The van der Waals surface area contributed by atoms with Crippen LogP contribution in [0.15, 0.2) is 24.8 Å². The Hall–Kier alpha value is -1.79. The second-order valence-corrected chi connectivity index (χ2v) is 7.38. The highest BCUT2D eigenvalue weighted by molar-refractivity contribution is 7.25. The first-order valence-electron chi connectivity index (χ1n) is 8.02. The molecule has 1 aliphatic rings. The van der Waals surface area contributed by atoms with Crippen LogP contribution in [0.1, 0.15) is 25.7 Å². The van der Waals surface area contributed by atoms with Gasteiger partial charge in [0.15, 0.2) is 0 Å². The number of pyridine rings is 1. The molecule has 5 nitrogen and oxygen atoms in total. The molecule has 0 aromatic carbocycles. The van der Waals surface area contributed by atoms with Gasteiger partial charge < -0.3 is 9.64 Å². The molecule has 1 saturated carbocycles. The summed E-state index contributed by atoms with van der Waals surface area (Å²) in [7, 11) is 4.32. The maximum Gasteiger partial charge on any atom is 0.226 e. The SMILES string of the molecule is CN(C)[C@H]1CC[C@H](Oc2ncnc3sc4cnccc4c23)CC1. The summed E-state index contributed by atoms with van der Waals surface area (Å²) < 4.78 is 7.41. The third-order valence-electron chi connectivity index (χ3n) is 4.69. The molecule has 1 fully saturated rings. The molecule has 120 valence electrons. The zero-order valence-corrected chi connectivity index (χ0v) is 14.2. The lowest BCUT2D eigenvalue weighted by molar-refractivity contribution is 0.108. The van der Waals surface area contributed by atoms with Crippen molar-refractivity contribution < 1.29 is 4.74 Å². The number of rotatable bonds is 3. The Morgan fingerprint density at radius 3 is 2.78 bits per heavy atom. The second-order valence-electron chi connectivity index (χ2n) is 6.34. The fourth-order valence-corrected chi connectivity index (χ4v) is 4.36. The molecule has 0 spiro atoms. The van der Waals surface area contributed by atoms with Gasteiger partial charge in [-0.3, -0.25) is 4.98 Å². The van der Waals surface area contributed by atoms with E-state index in [-0.39, 0.29) is 6.10 Å². The Morgan fingerprint density at radius 1 is 1.17 bits per heavy atom. The van der Waals surface area contributed by atoms with Crippen LogP contribution in [-0.2, 0) is 0 Å². The Bertz CT molecular complexity index is 824. The Labute approximate surface area is 139 Å². The van der Waals surface area contributed by atoms with Crippen LogP contribution in [0, 0.1) is 0 Å². The highest BCUT2D eigenvalue weighted by Crippen LogP contribution is 2.37. The van der Waals surface area contributed by atoms with E-state index in [0.29, 0.717) is 6.04 Å². The van der Waals surface area contributed by atoms with Crippen molar-refractivity contribution in [3.05, 3.63) is 24.8 Å². The first kappa shape index (κ1) is 14.8. The quantitative estimate of drug-likeness (QED) is 0.736. The van der Waals surface area contributed by atoms with Crippen molar-refractivity contribution in [2.75, 3.05) is 14.1 Å². The highest BCUT2D eigenvalue weighted by atomic mass is 32.1. The van der Waals surface area contributed by atoms with Crippen LogP contribution < -0.4 is 4.74 Å². The van der Waals surface area contributed by atoms with Crippen molar-refractivity contribution in [1.29, 1.82) is 0 Å². The third-order valence-corrected chi connectivity index (χ3v) is 5.74. The monoisotopic (exact) mass is 328 g/mol. The molecule has 6 heteroatoms. The van der Waals surface area contributed by atoms with E-state index >= 15 is 0 Å². The van der Waals surface area contributed by atoms with Crippen LogP contribution in [0.4, 0.5) is 0 Å². The third kappa shape index (κ3) is 2.77. The number of ether oxygens (including phenoxy) is 1. The molecule has 0 saturated heterocycles. The lowest BCUT2D eigenvalue weighted by Crippen LogP contribution is -2.35. The summed E-state index contributed by atoms with van der Waals surface area (Å²) in [5.41, 5.74) is 0. The summed E-state index contributed by atoms with van der Waals surface area (Å²) in [6.07, 6.45) is 10.1. The number of aromatic nitrogens is 3. The average molecular weight is 328 g/mol. The lowest BCUT2D eigenvalue weighted by atomic mass is 9.92. The van der Waals surface area contributed by atoms with Crippen molar-refractivity contribution in [1.82, 2.24) is 19.9 Å². The summed E-state index contributed by atoms with van der Waals surface area (Å²) in [5, 5.41) is 2.17. The molecule has 1 aliphatic carbocycles. The molecule has 0 atom stereocenters. The Kier molecular flexibility index (Phi) is 3.87. The molecule has 4 rings (SSSR count). The standard InChI is InChI=1S/C17H20N4OS/c1-21(2)11-3-5-12(6-4-11)22-16-15-13-7-8-18-9-14(13)23-17(15)20-10-19-16/h7-12H,3-6H2,1-2H3/t11-,12-. The molecule has 3 aromatic rings. The fourth-order valence-electron chi connectivity index (χ4n) is 3.36. The molecule has 23 heavy (non-hydrogen) atoms. The van der Waals surface area contributed by atoms with Gasteiger partial charge in [-0.2, -0.15) is 0 Å². The largest absolute Gasteiger partial charge is 0.474 e. The fraction of sp³-hybridized carbons (Fsp3) is 0.471. The van der Waals surface area contributed by atoms with Crippen LogP contribution in [0.3, 0.4) is 0 Å². The van der Waals surface area contributed by atoms with E-state index in [1.165, 1.54) is 12.8 Å². The zero-order valence-electron chi connectivity index (χ0n) is 13.4. The van der Waals surface area contributed by atoms with E-state index in [1.807, 2.05) is 18.5 Å². The molecule has 0 amide bonds. The molecule has 3 aromatic heterocycles. The number of thiophene rings is 1. The minimum atomic E-state index is 0.251. The van der Waals surface area contributed by atoms with Gasteiger partial charge >= 0.3 is 0 Å². The maximum absolute atomic E-state index is 6.28. The van der Waals surface area contributed by atoms with Gasteiger partial charge in [0, 0.05) is 23.8 Å². The molecule has 0 unspecified atom stereocenters. The van der Waals surface area contributed by atoms with Crippen molar-refractivity contribution in [3.8, 4) is 5.88 Å². The number of nitrogens with zero attached hydrogens (tertiary/aromatic N) is 4. The topological polar surface area (TPSA) is 51.1 Å². The predicted molar refractivity (Wildman–Crippen MR) is 93.1 cm³/mol. The van der Waals surface area contributed by atoms with E-state index in [0.717, 1.165) is 39.0 Å². The molecule has 0 N–H and O–H groups in total. The van der Waals surface area contributed by atoms with Crippen LogP contribution >= 0.6 is 11.3 Å². The Morgan fingerprint density at radius 2 is 2.00 bits per heavy atom. The zero-order chi connectivity index (χ0) is 15.8. The van der Waals surface area contributed by atoms with Gasteiger partial charge in [-0.15, -0.1) is 11.3 Å². The molecule has 0 radical (unpaired) electrons. The van der Waals surface area contributed by atoms with Gasteiger partial charge in [-0.1, -0.05) is 0 Å². The number of hydrogen-bond acceptors (Lipinski definition) is 6. The summed E-state index contributed by atoms with van der Waals surface area (Å²) in [5.74, 6) is 0.723. The van der Waals surface area contributed by atoms with Gasteiger partial charge in [0.05, 0.1) is 10.1 Å². The van der Waals surface area contributed by atoms with E-state index in [1.54, 1.807) is 17.7 Å².